The molecule has 6 atom stereocenters. The minimum absolute atomic E-state index is 0.0610. The Bertz CT molecular complexity index is 939. The van der Waals surface area contributed by atoms with Gasteiger partial charge in [-0.1, -0.05) is 43.3 Å². The van der Waals surface area contributed by atoms with Gasteiger partial charge in [0.2, 0.25) is 0 Å². The number of aliphatic carboxylic acids is 1. The van der Waals surface area contributed by atoms with Crippen LogP contribution in [-0.2, 0) is 17.8 Å². The number of aryl methyl sites for hydroxylation is 1. The van der Waals surface area contributed by atoms with Crippen LogP contribution in [0.4, 0.5) is 0 Å². The maximum Gasteiger partial charge on any atom is 0.306 e. The second-order valence-corrected chi connectivity index (χ2v) is 9.71. The van der Waals surface area contributed by atoms with Gasteiger partial charge in [-0.15, -0.1) is 0 Å². The summed E-state index contributed by atoms with van der Waals surface area (Å²) < 4.78 is 6.03. The number of rotatable bonds is 4. The van der Waals surface area contributed by atoms with Crippen LogP contribution in [-0.4, -0.2) is 22.3 Å². The van der Waals surface area contributed by atoms with E-state index in [1.165, 1.54) is 11.1 Å². The average Bonchev–Trinajstić information content (AvgIpc) is 3.04. The van der Waals surface area contributed by atoms with Gasteiger partial charge in [0, 0.05) is 0 Å². The third kappa shape index (κ3) is 3.13. The lowest BCUT2D eigenvalue weighted by atomic mass is 9.54. The van der Waals surface area contributed by atoms with Crippen LogP contribution in [0.3, 0.4) is 0 Å². The van der Waals surface area contributed by atoms with Crippen molar-refractivity contribution in [1.29, 1.82) is 0 Å². The lowest BCUT2D eigenvalue weighted by molar-refractivity contribution is -0.145. The van der Waals surface area contributed by atoms with Gasteiger partial charge in [-0.05, 0) is 84.1 Å². The molecule has 0 unspecified atom stereocenters. The molecule has 3 aliphatic carbocycles. The molecule has 0 heterocycles. The molecule has 0 aromatic heterocycles. The zero-order valence-electron chi connectivity index (χ0n) is 17.5. The minimum atomic E-state index is -0.737. The molecule has 3 aliphatic rings. The van der Waals surface area contributed by atoms with E-state index in [2.05, 4.69) is 37.3 Å². The van der Waals surface area contributed by atoms with Crippen LogP contribution in [0.5, 0.6) is 5.75 Å². The van der Waals surface area contributed by atoms with Gasteiger partial charge in [-0.2, -0.15) is 0 Å². The summed E-state index contributed by atoms with van der Waals surface area (Å²) in [4.78, 5) is 12.0. The highest BCUT2D eigenvalue weighted by molar-refractivity contribution is 5.71. The highest BCUT2D eigenvalue weighted by atomic mass is 16.5. The van der Waals surface area contributed by atoms with Gasteiger partial charge in [-0.3, -0.25) is 4.79 Å². The first-order valence-corrected chi connectivity index (χ1v) is 11.2. The maximum atomic E-state index is 12.0. The van der Waals surface area contributed by atoms with E-state index in [1.807, 2.05) is 18.2 Å². The van der Waals surface area contributed by atoms with Crippen LogP contribution in [0.15, 0.2) is 48.5 Å². The van der Waals surface area contributed by atoms with Crippen LogP contribution < -0.4 is 4.74 Å². The summed E-state index contributed by atoms with van der Waals surface area (Å²) in [6.07, 6.45) is 3.77. The molecule has 5 rings (SSSR count). The molecule has 0 aliphatic heterocycles. The van der Waals surface area contributed by atoms with Crippen molar-refractivity contribution in [2.75, 3.05) is 0 Å². The number of aliphatic hydroxyl groups is 1. The summed E-state index contributed by atoms with van der Waals surface area (Å²) in [6, 6.07) is 16.6. The van der Waals surface area contributed by atoms with Crippen molar-refractivity contribution in [3.05, 3.63) is 65.2 Å². The fraction of sp³-hybridized carbons (Fsp3) is 0.500. The quantitative estimate of drug-likeness (QED) is 0.766. The number of carbonyl (C=O) groups is 1. The van der Waals surface area contributed by atoms with Crippen molar-refractivity contribution < 1.29 is 19.7 Å². The van der Waals surface area contributed by atoms with E-state index < -0.39 is 18.0 Å². The number of ether oxygens (including phenoxy) is 1. The van der Waals surface area contributed by atoms with Gasteiger partial charge < -0.3 is 14.9 Å². The fourth-order valence-corrected chi connectivity index (χ4v) is 6.72. The van der Waals surface area contributed by atoms with Crippen LogP contribution in [0.25, 0.3) is 0 Å². The Morgan fingerprint density at radius 2 is 1.97 bits per heavy atom. The van der Waals surface area contributed by atoms with Crippen LogP contribution in [0.1, 0.15) is 55.2 Å². The van der Waals surface area contributed by atoms with E-state index in [0.717, 1.165) is 37.0 Å². The Balaban J connectivity index is 1.38. The van der Waals surface area contributed by atoms with Crippen molar-refractivity contribution in [1.82, 2.24) is 0 Å². The number of hydrogen-bond donors (Lipinski definition) is 2. The molecule has 4 nitrogen and oxygen atoms in total. The van der Waals surface area contributed by atoms with Crippen LogP contribution in [0.2, 0.25) is 0 Å². The topological polar surface area (TPSA) is 66.8 Å². The van der Waals surface area contributed by atoms with Crippen molar-refractivity contribution in [2.45, 2.75) is 57.7 Å². The van der Waals surface area contributed by atoms with Crippen molar-refractivity contribution in [3.8, 4) is 5.75 Å². The molecule has 0 radical (unpaired) electrons. The van der Waals surface area contributed by atoms with Gasteiger partial charge in [0.15, 0.2) is 0 Å². The smallest absolute Gasteiger partial charge is 0.306 e. The largest absolute Gasteiger partial charge is 0.489 e. The lowest BCUT2D eigenvalue weighted by Crippen LogP contribution is -2.46. The highest BCUT2D eigenvalue weighted by Gasteiger charge is 2.60. The Kier molecular flexibility index (Phi) is 4.85. The Morgan fingerprint density at radius 1 is 1.17 bits per heavy atom. The lowest BCUT2D eigenvalue weighted by Gasteiger charge is -2.50. The van der Waals surface area contributed by atoms with Gasteiger partial charge in [0.05, 0.1) is 12.0 Å². The number of hydrogen-bond acceptors (Lipinski definition) is 3. The normalized spacial score (nSPS) is 34.5. The molecule has 0 saturated heterocycles. The molecule has 0 bridgehead atoms. The Hall–Kier alpha value is -2.33. The zero-order valence-corrected chi connectivity index (χ0v) is 17.5. The predicted molar refractivity (Wildman–Crippen MR) is 114 cm³/mol. The fourth-order valence-electron chi connectivity index (χ4n) is 6.72. The highest BCUT2D eigenvalue weighted by Crippen LogP contribution is 2.62. The molecule has 0 amide bonds. The standard InChI is InChI=1S/C26H30O4/c1-26-12-11-20-19-10-8-18(30-15-16-5-3-2-4-6-16)13-17(19)7-9-21(20)24(26)22(25(28)29)14-23(26)27/h2-6,8,10,13,20-24,27H,7,9,11-12,14-15H2,1H3,(H,28,29)/t20-,21-,22+,23+,24-,26-/m1/s1. The first kappa shape index (κ1) is 19.6. The second kappa shape index (κ2) is 7.42. The summed E-state index contributed by atoms with van der Waals surface area (Å²) in [5, 5.41) is 20.5. The number of aliphatic hydroxyl groups excluding tert-OH is 1. The number of carboxylic acid groups (broad SMARTS) is 1. The Labute approximate surface area is 177 Å². The van der Waals surface area contributed by atoms with E-state index in [0.29, 0.717) is 24.9 Å². The molecule has 0 spiro atoms. The van der Waals surface area contributed by atoms with Gasteiger partial charge in [0.1, 0.15) is 12.4 Å². The van der Waals surface area contributed by atoms with Gasteiger partial charge in [-0.25, -0.2) is 0 Å². The average molecular weight is 407 g/mol. The van der Waals surface area contributed by atoms with E-state index >= 15 is 0 Å². The number of benzene rings is 2. The first-order valence-electron chi connectivity index (χ1n) is 11.2. The summed E-state index contributed by atoms with van der Waals surface area (Å²) in [7, 11) is 0. The second-order valence-electron chi connectivity index (χ2n) is 9.71. The molecular formula is C26H30O4. The summed E-state index contributed by atoms with van der Waals surface area (Å²) in [6.45, 7) is 2.68. The third-order valence-corrected chi connectivity index (χ3v) is 8.23. The van der Waals surface area contributed by atoms with Crippen LogP contribution >= 0.6 is 0 Å². The van der Waals surface area contributed by atoms with Gasteiger partial charge >= 0.3 is 5.97 Å². The zero-order chi connectivity index (χ0) is 20.9. The number of carboxylic acids is 1. The number of fused-ring (bicyclic) bond motifs is 5. The third-order valence-electron chi connectivity index (χ3n) is 8.23. The van der Waals surface area contributed by atoms with E-state index in [-0.39, 0.29) is 11.3 Å². The van der Waals surface area contributed by atoms with E-state index in [4.69, 9.17) is 4.74 Å². The molecule has 158 valence electrons. The van der Waals surface area contributed by atoms with Crippen molar-refractivity contribution in [2.24, 2.45) is 23.2 Å². The van der Waals surface area contributed by atoms with E-state index in [1.54, 1.807) is 0 Å². The molecule has 2 saturated carbocycles. The van der Waals surface area contributed by atoms with E-state index in [9.17, 15) is 15.0 Å². The SMILES string of the molecule is C[C@]12CC[C@@H]3c4ccc(OCc5ccccc5)cc4CC[C@H]3[C@@H]1[C@@H](C(=O)O)C[C@@H]2O. The summed E-state index contributed by atoms with van der Waals surface area (Å²) in [5.74, 6) is 0.529. The molecule has 2 fully saturated rings. The molecule has 2 N–H and O–H groups in total. The molecule has 2 aromatic rings. The van der Waals surface area contributed by atoms with Crippen LogP contribution in [0, 0.1) is 23.2 Å². The molecule has 2 aromatic carbocycles. The minimum Gasteiger partial charge on any atom is -0.489 e. The monoisotopic (exact) mass is 406 g/mol. The summed E-state index contributed by atoms with van der Waals surface area (Å²) >= 11 is 0. The van der Waals surface area contributed by atoms with Crippen molar-refractivity contribution in [3.63, 3.8) is 0 Å². The summed E-state index contributed by atoms with van der Waals surface area (Å²) in [5.41, 5.74) is 3.60. The first-order chi connectivity index (χ1) is 14.5. The Morgan fingerprint density at radius 3 is 2.73 bits per heavy atom. The molecule has 4 heteroatoms. The molecule has 30 heavy (non-hydrogen) atoms. The maximum absolute atomic E-state index is 12.0. The predicted octanol–water partition coefficient (Wildman–Crippen LogP) is 4.79. The van der Waals surface area contributed by atoms with Crippen molar-refractivity contribution >= 4 is 5.97 Å². The molecular weight excluding hydrogens is 376 g/mol. The van der Waals surface area contributed by atoms with Gasteiger partial charge in [0.25, 0.3) is 0 Å².